The van der Waals surface area contributed by atoms with E-state index in [4.69, 9.17) is 13.9 Å². The standard InChI is InChI=1S/C25H23N3O6/c1-4-33-21(29)8-6-17(24-27-18-12-15(13-26)5-7-19(18)34-24)22-16-9-10-28(25(30)31)23(16)14(2)11-20(22)32-3/h5,7,9-12,17H,4,6,8H2,1-3H3,(H,30,31). The number of carbonyl (C=O) groups excluding carboxylic acids is 1. The molecular weight excluding hydrogens is 438 g/mol. The summed E-state index contributed by atoms with van der Waals surface area (Å²) in [5, 5.41) is 19.5. The zero-order valence-electron chi connectivity index (χ0n) is 19.0. The highest BCUT2D eigenvalue weighted by Gasteiger charge is 2.29. The van der Waals surface area contributed by atoms with Gasteiger partial charge in [0.2, 0.25) is 5.89 Å². The lowest BCUT2D eigenvalue weighted by Crippen LogP contribution is -2.11. The molecule has 0 aliphatic heterocycles. The molecule has 0 spiro atoms. The molecule has 1 unspecified atom stereocenters. The summed E-state index contributed by atoms with van der Waals surface area (Å²) < 4.78 is 18.0. The van der Waals surface area contributed by atoms with Crippen LogP contribution in [0.1, 0.15) is 48.3 Å². The van der Waals surface area contributed by atoms with E-state index < -0.39 is 12.0 Å². The van der Waals surface area contributed by atoms with Gasteiger partial charge in [-0.1, -0.05) is 0 Å². The van der Waals surface area contributed by atoms with Gasteiger partial charge in [-0.2, -0.15) is 5.26 Å². The predicted octanol–water partition coefficient (Wildman–Crippen LogP) is 4.97. The Morgan fingerprint density at radius 1 is 1.29 bits per heavy atom. The summed E-state index contributed by atoms with van der Waals surface area (Å²) in [5.41, 5.74) is 3.38. The number of aromatic nitrogens is 2. The SMILES string of the molecule is CCOC(=O)CCC(c1nc2cc(C#N)ccc2o1)c1c(OC)cc(C)c2c1ccn2C(=O)O. The molecule has 4 rings (SSSR count). The molecule has 0 bridgehead atoms. The van der Waals surface area contributed by atoms with Crippen LogP contribution >= 0.6 is 0 Å². The lowest BCUT2D eigenvalue weighted by atomic mass is 9.89. The first-order valence-corrected chi connectivity index (χ1v) is 10.8. The van der Waals surface area contributed by atoms with Crippen LogP contribution in [0, 0.1) is 18.3 Å². The van der Waals surface area contributed by atoms with E-state index in [9.17, 15) is 20.0 Å². The number of fused-ring (bicyclic) bond motifs is 2. The molecule has 2 aromatic carbocycles. The number of carbonyl (C=O) groups is 2. The van der Waals surface area contributed by atoms with Crippen LogP contribution in [0.15, 0.2) is 40.9 Å². The topological polar surface area (TPSA) is 128 Å². The maximum absolute atomic E-state index is 12.2. The molecule has 34 heavy (non-hydrogen) atoms. The molecule has 0 saturated heterocycles. The molecule has 0 aliphatic rings. The highest BCUT2D eigenvalue weighted by molar-refractivity contribution is 5.95. The number of ether oxygens (including phenoxy) is 2. The number of hydrogen-bond acceptors (Lipinski definition) is 7. The van der Waals surface area contributed by atoms with Crippen LogP contribution in [0.3, 0.4) is 0 Å². The highest BCUT2D eigenvalue weighted by atomic mass is 16.5. The molecular formula is C25H23N3O6. The van der Waals surface area contributed by atoms with Gasteiger partial charge in [-0.15, -0.1) is 0 Å². The van der Waals surface area contributed by atoms with Gasteiger partial charge < -0.3 is 19.0 Å². The minimum atomic E-state index is -1.11. The Kier molecular flexibility index (Phi) is 6.23. The third-order valence-corrected chi connectivity index (χ3v) is 5.71. The zero-order valence-corrected chi connectivity index (χ0v) is 19.0. The van der Waals surface area contributed by atoms with Crippen LogP contribution < -0.4 is 4.74 Å². The molecule has 2 aromatic heterocycles. The second-order valence-electron chi connectivity index (χ2n) is 7.78. The van der Waals surface area contributed by atoms with E-state index in [0.717, 1.165) is 10.1 Å². The molecule has 0 aliphatic carbocycles. The number of carboxylic acid groups (broad SMARTS) is 1. The van der Waals surface area contributed by atoms with Crippen molar-refractivity contribution in [3.8, 4) is 11.8 Å². The van der Waals surface area contributed by atoms with Gasteiger partial charge in [0.25, 0.3) is 0 Å². The van der Waals surface area contributed by atoms with Crippen molar-refractivity contribution in [2.45, 2.75) is 32.6 Å². The largest absolute Gasteiger partial charge is 0.496 e. The summed E-state index contributed by atoms with van der Waals surface area (Å²) >= 11 is 0. The normalized spacial score (nSPS) is 11.9. The van der Waals surface area contributed by atoms with Gasteiger partial charge in [0.05, 0.1) is 36.8 Å². The maximum Gasteiger partial charge on any atom is 0.416 e. The number of methoxy groups -OCH3 is 1. The van der Waals surface area contributed by atoms with E-state index in [-0.39, 0.29) is 19.0 Å². The van der Waals surface area contributed by atoms with E-state index in [2.05, 4.69) is 11.1 Å². The first-order valence-electron chi connectivity index (χ1n) is 10.8. The van der Waals surface area contributed by atoms with E-state index >= 15 is 0 Å². The Morgan fingerprint density at radius 3 is 2.76 bits per heavy atom. The summed E-state index contributed by atoms with van der Waals surface area (Å²) in [5.74, 6) is -0.0336. The molecule has 1 N–H and O–H groups in total. The molecule has 2 heterocycles. The van der Waals surface area contributed by atoms with Crippen molar-refractivity contribution in [3.63, 3.8) is 0 Å². The van der Waals surface area contributed by atoms with Crippen molar-refractivity contribution in [2.75, 3.05) is 13.7 Å². The van der Waals surface area contributed by atoms with Crippen LogP contribution in [0.4, 0.5) is 4.79 Å². The molecule has 9 nitrogen and oxygen atoms in total. The smallest absolute Gasteiger partial charge is 0.416 e. The molecule has 1 atom stereocenters. The molecule has 0 fully saturated rings. The van der Waals surface area contributed by atoms with Gasteiger partial charge in [0.15, 0.2) is 5.58 Å². The Labute approximate surface area is 195 Å². The van der Waals surface area contributed by atoms with E-state index in [0.29, 0.717) is 51.2 Å². The van der Waals surface area contributed by atoms with E-state index in [1.165, 1.54) is 13.3 Å². The van der Waals surface area contributed by atoms with Crippen LogP contribution in [0.25, 0.3) is 22.0 Å². The summed E-state index contributed by atoms with van der Waals surface area (Å²) in [6.45, 7) is 3.82. The zero-order chi connectivity index (χ0) is 24.4. The first-order chi connectivity index (χ1) is 16.4. The van der Waals surface area contributed by atoms with Gasteiger partial charge in [-0.05, 0) is 56.2 Å². The van der Waals surface area contributed by atoms with Crippen molar-refractivity contribution in [1.82, 2.24) is 9.55 Å². The second-order valence-corrected chi connectivity index (χ2v) is 7.78. The summed E-state index contributed by atoms with van der Waals surface area (Å²) in [4.78, 5) is 28.6. The number of rotatable bonds is 7. The average molecular weight is 461 g/mol. The average Bonchev–Trinajstić information content (AvgIpc) is 3.44. The Bertz CT molecular complexity index is 1440. The van der Waals surface area contributed by atoms with Gasteiger partial charge in [-0.3, -0.25) is 9.36 Å². The summed E-state index contributed by atoms with van der Waals surface area (Å²) in [7, 11) is 1.53. The van der Waals surface area contributed by atoms with Crippen molar-refractivity contribution < 1.29 is 28.6 Å². The number of esters is 1. The van der Waals surface area contributed by atoms with Gasteiger partial charge in [0.1, 0.15) is 11.3 Å². The van der Waals surface area contributed by atoms with Crippen molar-refractivity contribution >= 4 is 34.1 Å². The Morgan fingerprint density at radius 2 is 2.09 bits per heavy atom. The van der Waals surface area contributed by atoms with Crippen LogP contribution in [0.2, 0.25) is 0 Å². The van der Waals surface area contributed by atoms with E-state index in [1.54, 1.807) is 37.3 Å². The first kappa shape index (κ1) is 22.9. The second kappa shape index (κ2) is 9.27. The molecule has 0 amide bonds. The van der Waals surface area contributed by atoms with Crippen LogP contribution in [-0.4, -0.2) is 40.4 Å². The number of nitriles is 1. The number of benzene rings is 2. The van der Waals surface area contributed by atoms with Gasteiger partial charge in [-0.25, -0.2) is 9.78 Å². The third-order valence-electron chi connectivity index (χ3n) is 5.71. The number of hydrogen-bond donors (Lipinski definition) is 1. The summed E-state index contributed by atoms with van der Waals surface area (Å²) in [6, 6.07) is 10.5. The maximum atomic E-state index is 12.2. The molecule has 4 aromatic rings. The summed E-state index contributed by atoms with van der Waals surface area (Å²) in [6.07, 6.45) is 0.766. The van der Waals surface area contributed by atoms with Crippen LogP contribution in [0.5, 0.6) is 5.75 Å². The van der Waals surface area contributed by atoms with Crippen molar-refractivity contribution in [2.24, 2.45) is 0 Å². The van der Waals surface area contributed by atoms with Crippen molar-refractivity contribution in [3.05, 3.63) is 59.1 Å². The molecule has 174 valence electrons. The fraction of sp³-hybridized carbons (Fsp3) is 0.280. The molecule has 0 saturated carbocycles. The number of nitrogens with zero attached hydrogens (tertiary/aromatic N) is 3. The Hall–Kier alpha value is -4.32. The number of oxazole rings is 1. The third kappa shape index (κ3) is 4.06. The quantitative estimate of drug-likeness (QED) is 0.382. The number of aryl methyl sites for hydroxylation is 1. The predicted molar refractivity (Wildman–Crippen MR) is 123 cm³/mol. The molecule has 9 heteroatoms. The monoisotopic (exact) mass is 461 g/mol. The minimum absolute atomic E-state index is 0.0961. The molecule has 0 radical (unpaired) electrons. The minimum Gasteiger partial charge on any atom is -0.496 e. The lowest BCUT2D eigenvalue weighted by Gasteiger charge is -2.19. The lowest BCUT2D eigenvalue weighted by molar-refractivity contribution is -0.143. The van der Waals surface area contributed by atoms with Gasteiger partial charge in [0, 0.05) is 23.6 Å². The van der Waals surface area contributed by atoms with Crippen molar-refractivity contribution in [1.29, 1.82) is 5.26 Å². The Balaban J connectivity index is 1.93. The fourth-order valence-electron chi connectivity index (χ4n) is 4.27. The highest BCUT2D eigenvalue weighted by Crippen LogP contribution is 2.42. The fourth-order valence-corrected chi connectivity index (χ4v) is 4.27. The van der Waals surface area contributed by atoms with Gasteiger partial charge >= 0.3 is 12.1 Å². The van der Waals surface area contributed by atoms with Crippen LogP contribution in [-0.2, 0) is 9.53 Å². The van der Waals surface area contributed by atoms with E-state index in [1.807, 2.05) is 6.92 Å².